The third-order valence-electron chi connectivity index (χ3n) is 4.23. The highest BCUT2D eigenvalue weighted by atomic mass is 79.9. The first-order valence-corrected chi connectivity index (χ1v) is 10.6. The van der Waals surface area contributed by atoms with E-state index in [0.29, 0.717) is 12.4 Å². The van der Waals surface area contributed by atoms with Crippen molar-refractivity contribution >= 4 is 21.9 Å². The molecule has 0 radical (unpaired) electrons. The minimum absolute atomic E-state index is 0.0951. The second-order valence-electron chi connectivity index (χ2n) is 6.35. The van der Waals surface area contributed by atoms with Gasteiger partial charge in [0, 0.05) is 0 Å². The number of hydrogen-bond acceptors (Lipinski definition) is 5. The van der Waals surface area contributed by atoms with Crippen LogP contribution in [-0.4, -0.2) is 24.2 Å². The maximum absolute atomic E-state index is 11.5. The number of aryl methyl sites for hydroxylation is 1. The van der Waals surface area contributed by atoms with E-state index in [1.54, 1.807) is 6.92 Å². The van der Waals surface area contributed by atoms with E-state index in [4.69, 9.17) is 14.2 Å². The first-order chi connectivity index (χ1) is 13.6. The van der Waals surface area contributed by atoms with Gasteiger partial charge in [0.2, 0.25) is 0 Å². The lowest BCUT2D eigenvalue weighted by Gasteiger charge is -2.20. The molecule has 0 bridgehead atoms. The number of benzene rings is 1. The Hall–Kier alpha value is -2.08. The summed E-state index contributed by atoms with van der Waals surface area (Å²) in [7, 11) is 0. The lowest BCUT2D eigenvalue weighted by Crippen LogP contribution is -2.15. The maximum Gasteiger partial charge on any atom is 0.344 e. The van der Waals surface area contributed by atoms with Gasteiger partial charge in [0.25, 0.3) is 0 Å². The molecule has 0 saturated carbocycles. The zero-order valence-electron chi connectivity index (χ0n) is 16.7. The fraction of sp³-hybridized carbons (Fsp3) is 0.455. The SMILES string of the molecule is CCCCC(Oc1ccc(OCC(=O)OCC)c(CC)c1)c1cccc(Br)n1. The van der Waals surface area contributed by atoms with E-state index in [0.717, 1.165) is 47.3 Å². The van der Waals surface area contributed by atoms with Crippen molar-refractivity contribution in [1.82, 2.24) is 4.98 Å². The van der Waals surface area contributed by atoms with Gasteiger partial charge in [0.1, 0.15) is 22.2 Å². The summed E-state index contributed by atoms with van der Waals surface area (Å²) in [5.41, 5.74) is 1.89. The monoisotopic (exact) mass is 449 g/mol. The Morgan fingerprint density at radius 2 is 2.00 bits per heavy atom. The van der Waals surface area contributed by atoms with Crippen LogP contribution in [0.15, 0.2) is 41.0 Å². The molecule has 2 aromatic rings. The Bertz CT molecular complexity index is 766. The van der Waals surface area contributed by atoms with Gasteiger partial charge in [0.05, 0.1) is 12.3 Å². The van der Waals surface area contributed by atoms with Gasteiger partial charge < -0.3 is 14.2 Å². The van der Waals surface area contributed by atoms with Crippen molar-refractivity contribution in [3.63, 3.8) is 0 Å². The fourth-order valence-corrected chi connectivity index (χ4v) is 3.17. The normalized spacial score (nSPS) is 11.7. The summed E-state index contributed by atoms with van der Waals surface area (Å²) in [5.74, 6) is 1.07. The summed E-state index contributed by atoms with van der Waals surface area (Å²) in [6.45, 7) is 6.23. The predicted molar refractivity (Wildman–Crippen MR) is 113 cm³/mol. The highest BCUT2D eigenvalue weighted by molar-refractivity contribution is 9.10. The molecular weight excluding hydrogens is 422 g/mol. The summed E-state index contributed by atoms with van der Waals surface area (Å²) in [6, 6.07) is 11.6. The highest BCUT2D eigenvalue weighted by Gasteiger charge is 2.16. The molecule has 1 atom stereocenters. The number of hydrogen-bond donors (Lipinski definition) is 0. The van der Waals surface area contributed by atoms with Gasteiger partial charge in [-0.15, -0.1) is 0 Å². The number of unbranched alkanes of at least 4 members (excludes halogenated alkanes) is 1. The second-order valence-corrected chi connectivity index (χ2v) is 7.16. The number of rotatable bonds is 11. The molecule has 0 spiro atoms. The molecule has 2 rings (SSSR count). The zero-order chi connectivity index (χ0) is 20.4. The zero-order valence-corrected chi connectivity index (χ0v) is 18.3. The lowest BCUT2D eigenvalue weighted by atomic mass is 10.1. The predicted octanol–water partition coefficient (Wildman–Crippen LogP) is 5.66. The molecule has 1 aromatic carbocycles. The van der Waals surface area contributed by atoms with Crippen molar-refractivity contribution in [2.24, 2.45) is 0 Å². The Labute approximate surface area is 175 Å². The summed E-state index contributed by atoms with van der Waals surface area (Å²) in [5, 5.41) is 0. The van der Waals surface area contributed by atoms with Gasteiger partial charge in [-0.3, -0.25) is 0 Å². The Morgan fingerprint density at radius 1 is 1.18 bits per heavy atom. The summed E-state index contributed by atoms with van der Waals surface area (Å²) in [6.07, 6.45) is 3.69. The van der Waals surface area contributed by atoms with Crippen LogP contribution in [0.1, 0.15) is 57.4 Å². The van der Waals surface area contributed by atoms with Crippen LogP contribution in [0.25, 0.3) is 0 Å². The molecule has 1 heterocycles. The average molecular weight is 450 g/mol. The van der Waals surface area contributed by atoms with Crippen molar-refractivity contribution in [1.29, 1.82) is 0 Å². The number of pyridine rings is 1. The van der Waals surface area contributed by atoms with Crippen LogP contribution in [0.2, 0.25) is 0 Å². The summed E-state index contributed by atoms with van der Waals surface area (Å²) < 4.78 is 17.6. The molecule has 5 nitrogen and oxygen atoms in total. The lowest BCUT2D eigenvalue weighted by molar-refractivity contribution is -0.145. The Morgan fingerprint density at radius 3 is 2.68 bits per heavy atom. The van der Waals surface area contributed by atoms with Crippen molar-refractivity contribution in [3.8, 4) is 11.5 Å². The smallest absolute Gasteiger partial charge is 0.344 e. The number of esters is 1. The van der Waals surface area contributed by atoms with Crippen LogP contribution in [0.4, 0.5) is 0 Å². The molecule has 0 N–H and O–H groups in total. The quantitative estimate of drug-likeness (QED) is 0.327. The first-order valence-electron chi connectivity index (χ1n) is 9.77. The van der Waals surface area contributed by atoms with Crippen LogP contribution >= 0.6 is 15.9 Å². The van der Waals surface area contributed by atoms with Crippen molar-refractivity contribution in [2.75, 3.05) is 13.2 Å². The van der Waals surface area contributed by atoms with Gasteiger partial charge >= 0.3 is 5.97 Å². The van der Waals surface area contributed by atoms with Crippen LogP contribution in [0.3, 0.4) is 0 Å². The molecule has 152 valence electrons. The largest absolute Gasteiger partial charge is 0.484 e. The Kier molecular flexibility index (Phi) is 9.28. The van der Waals surface area contributed by atoms with Gasteiger partial charge in [-0.25, -0.2) is 9.78 Å². The number of nitrogens with zero attached hydrogens (tertiary/aromatic N) is 1. The fourth-order valence-electron chi connectivity index (χ4n) is 2.81. The van der Waals surface area contributed by atoms with E-state index in [9.17, 15) is 4.79 Å². The van der Waals surface area contributed by atoms with Crippen LogP contribution in [-0.2, 0) is 16.0 Å². The van der Waals surface area contributed by atoms with Crippen molar-refractivity contribution in [2.45, 2.75) is 52.6 Å². The van der Waals surface area contributed by atoms with Crippen LogP contribution in [0.5, 0.6) is 11.5 Å². The molecule has 0 amide bonds. The maximum atomic E-state index is 11.5. The van der Waals surface area contributed by atoms with Crippen molar-refractivity contribution in [3.05, 3.63) is 52.3 Å². The van der Waals surface area contributed by atoms with Crippen LogP contribution in [0, 0.1) is 0 Å². The van der Waals surface area contributed by atoms with Gasteiger partial charge in [-0.05, 0) is 78.0 Å². The van der Waals surface area contributed by atoms with E-state index in [-0.39, 0.29) is 18.7 Å². The third kappa shape index (κ3) is 6.82. The van der Waals surface area contributed by atoms with Crippen molar-refractivity contribution < 1.29 is 19.0 Å². The minimum Gasteiger partial charge on any atom is -0.484 e. The van der Waals surface area contributed by atoms with Gasteiger partial charge in [0.15, 0.2) is 6.61 Å². The molecule has 0 aliphatic heterocycles. The average Bonchev–Trinajstić information content (AvgIpc) is 2.70. The second kappa shape index (κ2) is 11.7. The highest BCUT2D eigenvalue weighted by Crippen LogP contribution is 2.30. The topological polar surface area (TPSA) is 57.7 Å². The number of halogens is 1. The molecule has 1 unspecified atom stereocenters. The molecule has 0 saturated heterocycles. The van der Waals surface area contributed by atoms with Gasteiger partial charge in [-0.1, -0.05) is 26.3 Å². The first kappa shape index (κ1) is 22.2. The molecule has 0 fully saturated rings. The molecule has 6 heteroatoms. The molecular formula is C22H28BrNO4. The molecule has 0 aliphatic carbocycles. The van der Waals surface area contributed by atoms with E-state index >= 15 is 0 Å². The molecule has 0 aliphatic rings. The third-order valence-corrected chi connectivity index (χ3v) is 4.67. The van der Waals surface area contributed by atoms with E-state index in [2.05, 4.69) is 27.8 Å². The summed E-state index contributed by atoms with van der Waals surface area (Å²) in [4.78, 5) is 16.1. The van der Waals surface area contributed by atoms with E-state index in [1.807, 2.05) is 43.3 Å². The number of ether oxygens (including phenoxy) is 3. The minimum atomic E-state index is -0.370. The van der Waals surface area contributed by atoms with Crippen LogP contribution < -0.4 is 9.47 Å². The molecule has 28 heavy (non-hydrogen) atoms. The number of carbonyl (C=O) groups excluding carboxylic acids is 1. The summed E-state index contributed by atoms with van der Waals surface area (Å²) >= 11 is 3.44. The molecule has 1 aromatic heterocycles. The number of aromatic nitrogens is 1. The Balaban J connectivity index is 2.14. The van der Waals surface area contributed by atoms with E-state index in [1.165, 1.54) is 0 Å². The van der Waals surface area contributed by atoms with E-state index < -0.39 is 0 Å². The standard InChI is InChI=1S/C22H28BrNO4/c1-4-7-10-20(18-9-8-11-21(23)24-18)28-17-12-13-19(16(5-2)14-17)27-15-22(25)26-6-3/h8-9,11-14,20H,4-7,10,15H2,1-3H3. The van der Waals surface area contributed by atoms with Gasteiger partial charge in [-0.2, -0.15) is 0 Å². The number of carbonyl (C=O) groups is 1.